The van der Waals surface area contributed by atoms with E-state index in [0.717, 1.165) is 30.0 Å². The smallest absolute Gasteiger partial charge is 0.251 e. The lowest BCUT2D eigenvalue weighted by molar-refractivity contribution is 0.0829. The number of Topliss-reactive ketones (excluding diaryl/α,β-unsaturated/α-hetero) is 1. The molecule has 3 aromatic rings. The van der Waals surface area contributed by atoms with Crippen LogP contribution in [0.4, 0.5) is 8.78 Å². The Labute approximate surface area is 225 Å². The molecule has 0 aliphatic heterocycles. The van der Waals surface area contributed by atoms with E-state index in [2.05, 4.69) is 10.6 Å². The van der Waals surface area contributed by atoms with Gasteiger partial charge in [0.25, 0.3) is 5.91 Å². The summed E-state index contributed by atoms with van der Waals surface area (Å²) in [5, 5.41) is 16.7. The minimum absolute atomic E-state index is 0.00201. The largest absolute Gasteiger partial charge is 0.497 e. The molecular weight excluding hydrogens is 530 g/mol. The molecule has 2 atom stereocenters. The number of aliphatic hydroxyl groups excluding tert-OH is 1. The molecule has 8 nitrogen and oxygen atoms in total. The van der Waals surface area contributed by atoms with Crippen LogP contribution < -0.4 is 15.4 Å². The fourth-order valence-electron chi connectivity index (χ4n) is 3.95. The van der Waals surface area contributed by atoms with Crippen molar-refractivity contribution in [3.63, 3.8) is 0 Å². The number of ketones is 1. The Hall–Kier alpha value is -3.67. The molecule has 3 rings (SSSR count). The molecule has 3 aromatic carbocycles. The predicted molar refractivity (Wildman–Crippen MR) is 142 cm³/mol. The number of benzene rings is 3. The zero-order valence-electron chi connectivity index (χ0n) is 21.7. The first-order chi connectivity index (χ1) is 18.3. The highest BCUT2D eigenvalue weighted by molar-refractivity contribution is 7.90. The summed E-state index contributed by atoms with van der Waals surface area (Å²) >= 11 is 0. The lowest BCUT2D eigenvalue weighted by Gasteiger charge is -2.25. The third-order valence-corrected chi connectivity index (χ3v) is 7.07. The third kappa shape index (κ3) is 8.67. The van der Waals surface area contributed by atoms with Gasteiger partial charge in [0.05, 0.1) is 24.2 Å². The van der Waals surface area contributed by atoms with Crippen LogP contribution in [0.1, 0.15) is 38.8 Å². The number of rotatable bonds is 12. The van der Waals surface area contributed by atoms with Crippen LogP contribution in [0.2, 0.25) is 0 Å². The van der Waals surface area contributed by atoms with Crippen LogP contribution in [0.3, 0.4) is 0 Å². The summed E-state index contributed by atoms with van der Waals surface area (Å²) in [5.41, 5.74) is 0.977. The van der Waals surface area contributed by atoms with Gasteiger partial charge in [-0.1, -0.05) is 12.1 Å². The number of carbonyl (C=O) groups excluding carboxylic acids is 2. The monoisotopic (exact) mass is 560 g/mol. The van der Waals surface area contributed by atoms with Crippen molar-refractivity contribution in [3.8, 4) is 5.75 Å². The number of nitrogens with one attached hydrogen (secondary N) is 2. The molecule has 208 valence electrons. The standard InChI is InChI=1S/C28H30F2N2O6S/c1-17(33)20-11-21(13-25(12-20)39(3,36)37)28(35)32-26(10-19-7-22(29)14-23(30)8-19)27(34)16-31-15-18-5-4-6-24(9-18)38-2/h4-9,11-14,26-27,31,34H,10,15-16H2,1-3H3,(H,32,35)/t26-,27+/m0/s1. The predicted octanol–water partition coefficient (Wildman–Crippen LogP) is 3.07. The Bertz CT molecular complexity index is 1440. The van der Waals surface area contributed by atoms with E-state index in [0.29, 0.717) is 18.4 Å². The Kier molecular flexibility index (Phi) is 9.90. The number of halogens is 2. The minimum atomic E-state index is -3.75. The van der Waals surface area contributed by atoms with E-state index < -0.39 is 45.3 Å². The summed E-state index contributed by atoms with van der Waals surface area (Å²) in [6, 6.07) is 12.7. The highest BCUT2D eigenvalue weighted by Crippen LogP contribution is 2.18. The van der Waals surface area contributed by atoms with Crippen LogP contribution in [-0.2, 0) is 22.8 Å². The fraction of sp³-hybridized carbons (Fsp3) is 0.286. The molecule has 1 amide bonds. The SMILES string of the molecule is COc1cccc(CNC[C@@H](O)[C@H](Cc2cc(F)cc(F)c2)NC(=O)c2cc(C(C)=O)cc(S(C)(=O)=O)c2)c1. The number of ether oxygens (including phenoxy) is 1. The summed E-state index contributed by atoms with van der Waals surface area (Å²) < 4.78 is 57.1. The number of amides is 1. The van der Waals surface area contributed by atoms with Crippen molar-refractivity contribution in [1.29, 1.82) is 0 Å². The van der Waals surface area contributed by atoms with Crippen LogP contribution in [0, 0.1) is 11.6 Å². The van der Waals surface area contributed by atoms with E-state index in [1.807, 2.05) is 18.2 Å². The van der Waals surface area contributed by atoms with E-state index in [-0.39, 0.29) is 34.6 Å². The van der Waals surface area contributed by atoms with Crippen LogP contribution >= 0.6 is 0 Å². The van der Waals surface area contributed by atoms with Gasteiger partial charge in [-0.3, -0.25) is 9.59 Å². The van der Waals surface area contributed by atoms with Gasteiger partial charge in [-0.15, -0.1) is 0 Å². The highest BCUT2D eigenvalue weighted by Gasteiger charge is 2.24. The number of aliphatic hydroxyl groups is 1. The summed E-state index contributed by atoms with van der Waals surface area (Å²) in [6.45, 7) is 1.60. The Balaban J connectivity index is 1.84. The molecule has 0 radical (unpaired) electrons. The number of carbonyl (C=O) groups is 2. The average molecular weight is 561 g/mol. The van der Waals surface area contributed by atoms with Crippen molar-refractivity contribution >= 4 is 21.5 Å². The molecule has 0 bridgehead atoms. The quantitative estimate of drug-likeness (QED) is 0.291. The second-order valence-corrected chi connectivity index (χ2v) is 11.2. The van der Waals surface area contributed by atoms with Gasteiger partial charge in [-0.2, -0.15) is 0 Å². The minimum Gasteiger partial charge on any atom is -0.497 e. The summed E-state index contributed by atoms with van der Waals surface area (Å²) in [4.78, 5) is 24.9. The average Bonchev–Trinajstić information content (AvgIpc) is 2.87. The number of methoxy groups -OCH3 is 1. The van der Waals surface area contributed by atoms with E-state index in [4.69, 9.17) is 4.74 Å². The molecule has 0 fully saturated rings. The zero-order chi connectivity index (χ0) is 28.7. The molecule has 0 saturated carbocycles. The normalized spacial score (nSPS) is 13.0. The van der Waals surface area contributed by atoms with E-state index in [1.165, 1.54) is 19.1 Å². The van der Waals surface area contributed by atoms with Gasteiger partial charge in [0.1, 0.15) is 17.4 Å². The molecular formula is C28H30F2N2O6S. The molecule has 0 aliphatic carbocycles. The van der Waals surface area contributed by atoms with Gasteiger partial charge >= 0.3 is 0 Å². The third-order valence-electron chi connectivity index (χ3n) is 5.98. The molecule has 11 heteroatoms. The first kappa shape index (κ1) is 29.9. The van der Waals surface area contributed by atoms with Gasteiger partial charge in [-0.25, -0.2) is 17.2 Å². The van der Waals surface area contributed by atoms with E-state index in [9.17, 15) is 31.9 Å². The summed E-state index contributed by atoms with van der Waals surface area (Å²) in [7, 11) is -2.20. The number of hydrogen-bond donors (Lipinski definition) is 3. The maximum absolute atomic E-state index is 13.8. The Morgan fingerprint density at radius 3 is 2.26 bits per heavy atom. The molecule has 0 heterocycles. The molecule has 0 unspecified atom stereocenters. The number of sulfone groups is 1. The first-order valence-electron chi connectivity index (χ1n) is 12.0. The number of hydrogen-bond acceptors (Lipinski definition) is 7. The highest BCUT2D eigenvalue weighted by atomic mass is 32.2. The molecule has 0 aliphatic rings. The lowest BCUT2D eigenvalue weighted by Crippen LogP contribution is -2.48. The maximum Gasteiger partial charge on any atom is 0.251 e. The molecule has 0 aromatic heterocycles. The van der Waals surface area contributed by atoms with Crippen molar-refractivity contribution in [2.45, 2.75) is 36.9 Å². The van der Waals surface area contributed by atoms with Gasteiger partial charge < -0.3 is 20.5 Å². The topological polar surface area (TPSA) is 122 Å². The molecule has 3 N–H and O–H groups in total. The second-order valence-electron chi connectivity index (χ2n) is 9.19. The fourth-order valence-corrected chi connectivity index (χ4v) is 4.64. The van der Waals surface area contributed by atoms with Crippen molar-refractivity contribution in [2.24, 2.45) is 0 Å². The van der Waals surface area contributed by atoms with E-state index >= 15 is 0 Å². The second kappa shape index (κ2) is 12.9. The van der Waals surface area contributed by atoms with Crippen molar-refractivity contribution < 1.29 is 36.6 Å². The van der Waals surface area contributed by atoms with Gasteiger partial charge in [0, 0.05) is 36.5 Å². The maximum atomic E-state index is 13.8. The van der Waals surface area contributed by atoms with Crippen LogP contribution in [0.5, 0.6) is 5.75 Å². The van der Waals surface area contributed by atoms with Crippen LogP contribution in [0.15, 0.2) is 65.6 Å². The van der Waals surface area contributed by atoms with Crippen molar-refractivity contribution in [2.75, 3.05) is 19.9 Å². The van der Waals surface area contributed by atoms with E-state index in [1.54, 1.807) is 13.2 Å². The summed E-state index contributed by atoms with van der Waals surface area (Å²) in [5.74, 6) is -2.17. The van der Waals surface area contributed by atoms with Crippen LogP contribution in [-0.4, -0.2) is 57.3 Å². The molecule has 0 saturated heterocycles. The lowest BCUT2D eigenvalue weighted by atomic mass is 9.99. The Morgan fingerprint density at radius 2 is 1.64 bits per heavy atom. The summed E-state index contributed by atoms with van der Waals surface area (Å²) in [6.07, 6.45) is -0.392. The van der Waals surface area contributed by atoms with Gasteiger partial charge in [0.2, 0.25) is 0 Å². The van der Waals surface area contributed by atoms with Gasteiger partial charge in [-0.05, 0) is 66.9 Å². The van der Waals surface area contributed by atoms with Gasteiger partial charge in [0.15, 0.2) is 15.6 Å². The first-order valence-corrected chi connectivity index (χ1v) is 13.9. The van der Waals surface area contributed by atoms with Crippen LogP contribution in [0.25, 0.3) is 0 Å². The molecule has 39 heavy (non-hydrogen) atoms. The zero-order valence-corrected chi connectivity index (χ0v) is 22.5. The van der Waals surface area contributed by atoms with Crippen molar-refractivity contribution in [1.82, 2.24) is 10.6 Å². The van der Waals surface area contributed by atoms with Crippen molar-refractivity contribution in [3.05, 3.63) is 94.6 Å². The Morgan fingerprint density at radius 1 is 0.974 bits per heavy atom. The molecule has 0 spiro atoms.